The highest BCUT2D eigenvalue weighted by Gasteiger charge is 2.41. The van der Waals surface area contributed by atoms with Crippen LogP contribution < -0.4 is 10.5 Å². The summed E-state index contributed by atoms with van der Waals surface area (Å²) in [6.45, 7) is 0.314. The van der Waals surface area contributed by atoms with E-state index in [0.717, 1.165) is 0 Å². The summed E-state index contributed by atoms with van der Waals surface area (Å²) in [6, 6.07) is 6.61. The zero-order valence-electron chi connectivity index (χ0n) is 11.5. The van der Waals surface area contributed by atoms with E-state index in [0.29, 0.717) is 30.8 Å². The summed E-state index contributed by atoms with van der Waals surface area (Å²) in [5, 5.41) is 0. The molecular weight excluding hydrogens is 283 g/mol. The molecule has 1 saturated carbocycles. The summed E-state index contributed by atoms with van der Waals surface area (Å²) < 4.78 is 43.3. The van der Waals surface area contributed by atoms with Crippen molar-refractivity contribution in [1.82, 2.24) is 0 Å². The second kappa shape index (κ2) is 6.37. The number of rotatable bonds is 4. The van der Waals surface area contributed by atoms with Gasteiger partial charge in [-0.25, -0.2) is 0 Å². The Morgan fingerprint density at radius 3 is 2.38 bits per heavy atom. The van der Waals surface area contributed by atoms with Gasteiger partial charge >= 0.3 is 6.18 Å². The van der Waals surface area contributed by atoms with Crippen LogP contribution in [0.3, 0.4) is 0 Å². The third-order valence-electron chi connectivity index (χ3n) is 3.94. The standard InChI is InChI=1S/C15H18F3NO2/c16-15(17,18)11-7-5-10(6-8-11)9-21-13-4-2-1-3-12(13)14(19)20/h1-4,10-11H,5-9H2,(H2,19,20). The molecule has 0 atom stereocenters. The normalized spacial score (nSPS) is 22.8. The van der Waals surface area contributed by atoms with E-state index < -0.39 is 18.0 Å². The predicted octanol–water partition coefficient (Wildman–Crippen LogP) is 3.53. The maximum Gasteiger partial charge on any atom is 0.391 e. The van der Waals surface area contributed by atoms with Gasteiger partial charge in [-0.05, 0) is 43.7 Å². The highest BCUT2D eigenvalue weighted by molar-refractivity contribution is 5.95. The van der Waals surface area contributed by atoms with Crippen LogP contribution in [-0.4, -0.2) is 18.7 Å². The van der Waals surface area contributed by atoms with Gasteiger partial charge < -0.3 is 10.5 Å². The van der Waals surface area contributed by atoms with Crippen LogP contribution in [0.5, 0.6) is 5.75 Å². The van der Waals surface area contributed by atoms with Gasteiger partial charge in [-0.2, -0.15) is 13.2 Å². The molecule has 0 aliphatic heterocycles. The average molecular weight is 301 g/mol. The van der Waals surface area contributed by atoms with Crippen LogP contribution in [0.1, 0.15) is 36.0 Å². The van der Waals surface area contributed by atoms with Crippen molar-refractivity contribution in [1.29, 1.82) is 0 Å². The molecule has 0 radical (unpaired) electrons. The Balaban J connectivity index is 1.87. The number of ether oxygens (including phenoxy) is 1. The van der Waals surface area contributed by atoms with E-state index in [-0.39, 0.29) is 18.8 Å². The molecule has 1 aliphatic carbocycles. The Kier molecular flexibility index (Phi) is 4.75. The van der Waals surface area contributed by atoms with Crippen LogP contribution in [0.2, 0.25) is 0 Å². The molecule has 1 fully saturated rings. The number of primary amides is 1. The van der Waals surface area contributed by atoms with Gasteiger partial charge in [0.25, 0.3) is 5.91 Å². The van der Waals surface area contributed by atoms with E-state index in [9.17, 15) is 18.0 Å². The molecule has 1 amide bonds. The van der Waals surface area contributed by atoms with Crippen molar-refractivity contribution in [2.75, 3.05) is 6.61 Å². The summed E-state index contributed by atoms with van der Waals surface area (Å²) in [5.41, 5.74) is 5.54. The number of hydrogen-bond acceptors (Lipinski definition) is 2. The molecule has 1 aromatic rings. The molecule has 0 spiro atoms. The molecule has 1 aliphatic rings. The number of alkyl halides is 3. The highest BCUT2D eigenvalue weighted by atomic mass is 19.4. The van der Waals surface area contributed by atoms with Gasteiger partial charge in [0.2, 0.25) is 0 Å². The topological polar surface area (TPSA) is 52.3 Å². The first-order chi connectivity index (χ1) is 9.88. The van der Waals surface area contributed by atoms with E-state index in [4.69, 9.17) is 10.5 Å². The van der Waals surface area contributed by atoms with E-state index in [2.05, 4.69) is 0 Å². The SMILES string of the molecule is NC(=O)c1ccccc1OCC1CCC(C(F)(F)F)CC1. The van der Waals surface area contributed by atoms with Crippen LogP contribution in [0.4, 0.5) is 13.2 Å². The van der Waals surface area contributed by atoms with Crippen LogP contribution in [-0.2, 0) is 0 Å². The summed E-state index contributed by atoms with van der Waals surface area (Å²) in [6.07, 6.45) is -2.82. The van der Waals surface area contributed by atoms with Crippen LogP contribution >= 0.6 is 0 Å². The summed E-state index contributed by atoms with van der Waals surface area (Å²) in [5.74, 6) is -1.29. The number of carbonyl (C=O) groups is 1. The molecule has 0 heterocycles. The molecule has 2 rings (SSSR count). The smallest absolute Gasteiger partial charge is 0.391 e. The second-order valence-electron chi connectivity index (χ2n) is 5.43. The van der Waals surface area contributed by atoms with Crippen LogP contribution in [0, 0.1) is 11.8 Å². The Morgan fingerprint density at radius 1 is 1.19 bits per heavy atom. The monoisotopic (exact) mass is 301 g/mol. The van der Waals surface area contributed by atoms with E-state index in [1.54, 1.807) is 24.3 Å². The predicted molar refractivity (Wildman–Crippen MR) is 72.0 cm³/mol. The van der Waals surface area contributed by atoms with Crippen molar-refractivity contribution in [3.05, 3.63) is 29.8 Å². The molecule has 6 heteroatoms. The molecule has 0 saturated heterocycles. The van der Waals surface area contributed by atoms with Crippen molar-refractivity contribution in [3.63, 3.8) is 0 Å². The molecule has 3 nitrogen and oxygen atoms in total. The van der Waals surface area contributed by atoms with Crippen molar-refractivity contribution < 1.29 is 22.7 Å². The van der Waals surface area contributed by atoms with E-state index in [1.165, 1.54) is 0 Å². The Bertz CT molecular complexity index is 494. The molecule has 116 valence electrons. The molecule has 0 unspecified atom stereocenters. The first kappa shape index (κ1) is 15.7. The summed E-state index contributed by atoms with van der Waals surface area (Å²) in [7, 11) is 0. The van der Waals surface area contributed by atoms with E-state index in [1.807, 2.05) is 0 Å². The van der Waals surface area contributed by atoms with Gasteiger partial charge in [0.05, 0.1) is 18.1 Å². The van der Waals surface area contributed by atoms with E-state index >= 15 is 0 Å². The van der Waals surface area contributed by atoms with Gasteiger partial charge in [-0.15, -0.1) is 0 Å². The number of halogens is 3. The average Bonchev–Trinajstić information content (AvgIpc) is 2.45. The van der Waals surface area contributed by atoms with Crippen LogP contribution in [0.25, 0.3) is 0 Å². The minimum atomic E-state index is -4.09. The third kappa shape index (κ3) is 4.12. The number of hydrogen-bond donors (Lipinski definition) is 1. The fourth-order valence-corrected chi connectivity index (χ4v) is 2.66. The first-order valence-electron chi connectivity index (χ1n) is 6.96. The highest BCUT2D eigenvalue weighted by Crippen LogP contribution is 2.39. The molecule has 0 aromatic heterocycles. The molecule has 2 N–H and O–H groups in total. The lowest BCUT2D eigenvalue weighted by Crippen LogP contribution is -2.29. The summed E-state index contributed by atoms with van der Waals surface area (Å²) in [4.78, 5) is 11.2. The van der Waals surface area contributed by atoms with Crippen molar-refractivity contribution in [2.24, 2.45) is 17.6 Å². The summed E-state index contributed by atoms with van der Waals surface area (Å²) >= 11 is 0. The van der Waals surface area contributed by atoms with Gasteiger partial charge in [0, 0.05) is 0 Å². The van der Waals surface area contributed by atoms with Crippen LogP contribution in [0.15, 0.2) is 24.3 Å². The molecular formula is C15H18F3NO2. The lowest BCUT2D eigenvalue weighted by atomic mass is 9.82. The maximum atomic E-state index is 12.6. The molecule has 1 aromatic carbocycles. The minimum absolute atomic E-state index is 0.0875. The first-order valence-corrected chi connectivity index (χ1v) is 6.96. The molecule has 0 bridgehead atoms. The zero-order valence-corrected chi connectivity index (χ0v) is 11.5. The van der Waals surface area contributed by atoms with Gasteiger partial charge in [0.15, 0.2) is 0 Å². The van der Waals surface area contributed by atoms with Gasteiger partial charge in [-0.3, -0.25) is 4.79 Å². The lowest BCUT2D eigenvalue weighted by molar-refractivity contribution is -0.184. The van der Waals surface area contributed by atoms with Gasteiger partial charge in [0.1, 0.15) is 5.75 Å². The second-order valence-corrected chi connectivity index (χ2v) is 5.43. The fraction of sp³-hybridized carbons (Fsp3) is 0.533. The largest absolute Gasteiger partial charge is 0.492 e. The number of carbonyl (C=O) groups excluding carboxylic acids is 1. The molecule has 21 heavy (non-hydrogen) atoms. The minimum Gasteiger partial charge on any atom is -0.492 e. The lowest BCUT2D eigenvalue weighted by Gasteiger charge is -2.29. The number of benzene rings is 1. The quantitative estimate of drug-likeness (QED) is 0.925. The Hall–Kier alpha value is -1.72. The number of para-hydroxylation sites is 1. The van der Waals surface area contributed by atoms with Crippen molar-refractivity contribution >= 4 is 5.91 Å². The number of nitrogens with two attached hydrogens (primary N) is 1. The zero-order chi connectivity index (χ0) is 15.5. The Morgan fingerprint density at radius 2 is 1.81 bits per heavy atom. The van der Waals surface area contributed by atoms with Gasteiger partial charge in [-0.1, -0.05) is 12.1 Å². The Labute approximate surface area is 121 Å². The third-order valence-corrected chi connectivity index (χ3v) is 3.94. The number of amides is 1. The maximum absolute atomic E-state index is 12.6. The fourth-order valence-electron chi connectivity index (χ4n) is 2.66. The van der Waals surface area contributed by atoms with Crippen molar-refractivity contribution in [3.8, 4) is 5.75 Å². The van der Waals surface area contributed by atoms with Crippen molar-refractivity contribution in [2.45, 2.75) is 31.9 Å².